The van der Waals surface area contributed by atoms with Crippen molar-refractivity contribution in [2.45, 2.75) is 18.9 Å². The Morgan fingerprint density at radius 2 is 1.68 bits per heavy atom. The van der Waals surface area contributed by atoms with E-state index in [4.69, 9.17) is 14.2 Å². The maximum Gasteiger partial charge on any atom is 0.292 e. The van der Waals surface area contributed by atoms with Gasteiger partial charge in [-0.2, -0.15) is 0 Å². The van der Waals surface area contributed by atoms with Crippen LogP contribution in [0.1, 0.15) is 12.0 Å². The minimum absolute atomic E-state index is 0.178. The first kappa shape index (κ1) is 19.7. The molecule has 0 aromatic heterocycles. The van der Waals surface area contributed by atoms with Gasteiger partial charge in [-0.15, -0.1) is 0 Å². The average molecular weight is 385 g/mol. The molecule has 7 nitrogen and oxygen atoms in total. The molecular weight excluding hydrogens is 360 g/mol. The first-order chi connectivity index (χ1) is 13.6. The number of benzene rings is 2. The van der Waals surface area contributed by atoms with Crippen LogP contribution in [0.15, 0.2) is 42.5 Å². The lowest BCUT2D eigenvalue weighted by molar-refractivity contribution is -0.674. The fraction of sp³-hybridized carbons (Fsp3) is 0.333. The first-order valence-corrected chi connectivity index (χ1v) is 9.12. The molecule has 1 fully saturated rings. The minimum atomic E-state index is -0.394. The summed E-state index contributed by atoms with van der Waals surface area (Å²) in [6, 6.07) is 12.3. The number of methoxy groups -OCH3 is 3. The van der Waals surface area contributed by atoms with Crippen molar-refractivity contribution in [3.63, 3.8) is 0 Å². The molecule has 1 aliphatic rings. The molecule has 0 bridgehead atoms. The molecule has 2 aromatic carbocycles. The first-order valence-electron chi connectivity index (χ1n) is 9.12. The lowest BCUT2D eigenvalue weighted by Crippen LogP contribution is -2.92. The van der Waals surface area contributed by atoms with E-state index in [1.165, 1.54) is 4.90 Å². The summed E-state index contributed by atoms with van der Waals surface area (Å²) in [6.45, 7) is 0.690. The number of amides is 2. The molecule has 0 aliphatic carbocycles. The maximum absolute atomic E-state index is 12.7. The number of hydrogen-bond acceptors (Lipinski definition) is 5. The van der Waals surface area contributed by atoms with Crippen molar-refractivity contribution in [3.05, 3.63) is 48.0 Å². The summed E-state index contributed by atoms with van der Waals surface area (Å²) < 4.78 is 15.7. The van der Waals surface area contributed by atoms with Crippen molar-refractivity contribution in [1.82, 2.24) is 0 Å². The highest BCUT2D eigenvalue weighted by Gasteiger charge is 2.42. The largest absolute Gasteiger partial charge is 0.497 e. The molecule has 1 aliphatic heterocycles. The number of quaternary nitrogens is 1. The molecule has 0 spiro atoms. The SMILES string of the molecule is COc1ccc(N2C(=O)CC([NH2+]CCc3ccc(OC)c(OC)c3)C2=O)cc1. The molecule has 0 radical (unpaired) electrons. The van der Waals surface area contributed by atoms with Gasteiger partial charge in [0.25, 0.3) is 5.91 Å². The highest BCUT2D eigenvalue weighted by Crippen LogP contribution is 2.27. The van der Waals surface area contributed by atoms with E-state index in [1.807, 2.05) is 23.5 Å². The van der Waals surface area contributed by atoms with Gasteiger partial charge in [0.1, 0.15) is 5.75 Å². The molecule has 0 saturated carbocycles. The van der Waals surface area contributed by atoms with Gasteiger partial charge in [-0.3, -0.25) is 9.59 Å². The third-order valence-corrected chi connectivity index (χ3v) is 4.84. The Morgan fingerprint density at radius 1 is 0.964 bits per heavy atom. The van der Waals surface area contributed by atoms with E-state index < -0.39 is 6.04 Å². The number of carbonyl (C=O) groups is 2. The number of nitrogens with zero attached hydrogens (tertiary/aromatic N) is 1. The monoisotopic (exact) mass is 385 g/mol. The van der Waals surface area contributed by atoms with E-state index in [2.05, 4.69) is 0 Å². The number of ether oxygens (including phenoxy) is 3. The Hall–Kier alpha value is -3.06. The average Bonchev–Trinajstić information content (AvgIpc) is 3.01. The fourth-order valence-electron chi connectivity index (χ4n) is 3.33. The molecule has 1 heterocycles. The minimum Gasteiger partial charge on any atom is -0.497 e. The van der Waals surface area contributed by atoms with Crippen molar-refractivity contribution < 1.29 is 29.1 Å². The van der Waals surface area contributed by atoms with Crippen molar-refractivity contribution in [1.29, 1.82) is 0 Å². The summed E-state index contributed by atoms with van der Waals surface area (Å²) in [4.78, 5) is 26.3. The quantitative estimate of drug-likeness (QED) is 0.690. The fourth-order valence-corrected chi connectivity index (χ4v) is 3.33. The Bertz CT molecular complexity index is 850. The summed E-state index contributed by atoms with van der Waals surface area (Å²) in [5.74, 6) is 1.69. The van der Waals surface area contributed by atoms with E-state index in [1.54, 1.807) is 45.6 Å². The van der Waals surface area contributed by atoms with Crippen molar-refractivity contribution in [3.8, 4) is 17.2 Å². The topological polar surface area (TPSA) is 81.7 Å². The molecule has 148 valence electrons. The van der Waals surface area contributed by atoms with Crippen LogP contribution in [-0.2, 0) is 16.0 Å². The van der Waals surface area contributed by atoms with Crippen LogP contribution >= 0.6 is 0 Å². The van der Waals surface area contributed by atoms with Crippen LogP contribution in [0.4, 0.5) is 5.69 Å². The lowest BCUT2D eigenvalue weighted by Gasteiger charge is -2.14. The summed E-state index contributed by atoms with van der Waals surface area (Å²) >= 11 is 0. The molecule has 7 heteroatoms. The molecule has 2 amide bonds. The highest BCUT2D eigenvalue weighted by atomic mass is 16.5. The van der Waals surface area contributed by atoms with Gasteiger partial charge in [-0.25, -0.2) is 4.90 Å². The Morgan fingerprint density at radius 3 is 2.32 bits per heavy atom. The van der Waals surface area contributed by atoms with Crippen LogP contribution < -0.4 is 24.4 Å². The van der Waals surface area contributed by atoms with Gasteiger partial charge in [0, 0.05) is 6.42 Å². The van der Waals surface area contributed by atoms with E-state index in [9.17, 15) is 9.59 Å². The van der Waals surface area contributed by atoms with Crippen molar-refractivity contribution >= 4 is 17.5 Å². The Kier molecular flexibility index (Phi) is 6.16. The number of rotatable bonds is 8. The van der Waals surface area contributed by atoms with E-state index in [0.29, 0.717) is 29.5 Å². The number of imide groups is 1. The second-order valence-corrected chi connectivity index (χ2v) is 6.54. The summed E-state index contributed by atoms with van der Waals surface area (Å²) in [5.41, 5.74) is 1.66. The van der Waals surface area contributed by atoms with E-state index in [-0.39, 0.29) is 18.2 Å². The van der Waals surface area contributed by atoms with Gasteiger partial charge in [-0.1, -0.05) is 6.07 Å². The van der Waals surface area contributed by atoms with Crippen LogP contribution in [0, 0.1) is 0 Å². The zero-order valence-corrected chi connectivity index (χ0v) is 16.3. The van der Waals surface area contributed by atoms with Gasteiger partial charge in [-0.05, 0) is 42.0 Å². The molecule has 2 N–H and O–H groups in total. The van der Waals surface area contributed by atoms with Gasteiger partial charge in [0.2, 0.25) is 5.91 Å². The number of nitrogens with two attached hydrogens (primary N) is 1. The number of hydrogen-bond donors (Lipinski definition) is 1. The maximum atomic E-state index is 12.7. The molecule has 28 heavy (non-hydrogen) atoms. The third kappa shape index (κ3) is 4.09. The van der Waals surface area contributed by atoms with Crippen LogP contribution in [0.5, 0.6) is 17.2 Å². The third-order valence-electron chi connectivity index (χ3n) is 4.84. The molecular formula is C21H25N2O5+. The number of anilines is 1. The van der Waals surface area contributed by atoms with Crippen LogP contribution in [0.25, 0.3) is 0 Å². The van der Waals surface area contributed by atoms with Gasteiger partial charge in [0.05, 0.1) is 40.0 Å². The predicted octanol–water partition coefficient (Wildman–Crippen LogP) is 1.15. The molecule has 1 atom stereocenters. The van der Waals surface area contributed by atoms with Gasteiger partial charge in [0.15, 0.2) is 17.5 Å². The summed E-state index contributed by atoms with van der Waals surface area (Å²) in [5, 5.41) is 1.93. The number of carbonyl (C=O) groups excluding carboxylic acids is 2. The van der Waals surface area contributed by atoms with Gasteiger partial charge >= 0.3 is 0 Å². The smallest absolute Gasteiger partial charge is 0.292 e. The van der Waals surface area contributed by atoms with Crippen molar-refractivity contribution in [2.24, 2.45) is 0 Å². The molecule has 1 unspecified atom stereocenters. The Balaban J connectivity index is 1.59. The summed E-state index contributed by atoms with van der Waals surface area (Å²) in [7, 11) is 4.78. The predicted molar refractivity (Wildman–Crippen MR) is 104 cm³/mol. The highest BCUT2D eigenvalue weighted by molar-refractivity contribution is 6.21. The zero-order chi connectivity index (χ0) is 20.1. The second kappa shape index (κ2) is 8.75. The van der Waals surface area contributed by atoms with Crippen LogP contribution in [0.3, 0.4) is 0 Å². The zero-order valence-electron chi connectivity index (χ0n) is 16.3. The molecule has 1 saturated heterocycles. The molecule has 2 aromatic rings. The lowest BCUT2D eigenvalue weighted by atomic mass is 10.1. The van der Waals surface area contributed by atoms with Crippen molar-refractivity contribution in [2.75, 3.05) is 32.8 Å². The van der Waals surface area contributed by atoms with E-state index in [0.717, 1.165) is 12.0 Å². The molecule has 3 rings (SSSR count). The Labute approximate surface area is 164 Å². The van der Waals surface area contributed by atoms with Crippen LogP contribution in [-0.4, -0.2) is 45.7 Å². The standard InChI is InChI=1S/C21H24N2O5/c1-26-16-7-5-15(6-8-16)23-20(24)13-17(21(23)25)22-11-10-14-4-9-18(27-2)19(12-14)28-3/h4-9,12,17,22H,10-11,13H2,1-3H3/p+1. The second-order valence-electron chi connectivity index (χ2n) is 6.54. The normalized spacial score (nSPS) is 16.4. The van der Waals surface area contributed by atoms with E-state index >= 15 is 0 Å². The van der Waals surface area contributed by atoms with Gasteiger partial charge < -0.3 is 19.5 Å². The summed E-state index contributed by atoms with van der Waals surface area (Å²) in [6.07, 6.45) is 0.956. The van der Waals surface area contributed by atoms with Crippen LogP contribution in [0.2, 0.25) is 0 Å².